The molecule has 0 amide bonds. The van der Waals surface area contributed by atoms with Crippen LogP contribution in [-0.2, 0) is 19.1 Å². The standard InChI is InChI=1S/C13H15NO5.BrH/c14-8-10(15)6-7-11(16)19-12(13(17)18)9-4-2-1-3-5-9;/h1-5,12H,6-8,14H2,(H,17,18);1H. The van der Waals surface area contributed by atoms with Gasteiger partial charge in [-0.2, -0.15) is 0 Å². The molecule has 0 aromatic heterocycles. The molecule has 0 aliphatic heterocycles. The van der Waals surface area contributed by atoms with Crippen LogP contribution in [0, 0.1) is 0 Å². The fourth-order valence-corrected chi connectivity index (χ4v) is 1.42. The van der Waals surface area contributed by atoms with E-state index in [9.17, 15) is 14.4 Å². The Bertz CT molecular complexity index is 463. The molecule has 0 aliphatic rings. The number of Topliss-reactive ketones (excluding diaryl/α,β-unsaturated/α-hetero) is 1. The van der Waals surface area contributed by atoms with Crippen molar-refractivity contribution < 1.29 is 24.2 Å². The number of rotatable bonds is 7. The van der Waals surface area contributed by atoms with Crippen molar-refractivity contribution in [3.05, 3.63) is 35.9 Å². The van der Waals surface area contributed by atoms with Gasteiger partial charge in [0.05, 0.1) is 13.0 Å². The molecule has 110 valence electrons. The van der Waals surface area contributed by atoms with Gasteiger partial charge < -0.3 is 15.6 Å². The van der Waals surface area contributed by atoms with Crippen LogP contribution in [0.5, 0.6) is 0 Å². The number of benzene rings is 1. The molecule has 1 unspecified atom stereocenters. The molecule has 1 aromatic rings. The Labute approximate surface area is 126 Å². The monoisotopic (exact) mass is 345 g/mol. The highest BCUT2D eigenvalue weighted by molar-refractivity contribution is 8.93. The van der Waals surface area contributed by atoms with Crippen molar-refractivity contribution >= 4 is 34.7 Å². The average molecular weight is 346 g/mol. The maximum atomic E-state index is 11.5. The first-order chi connectivity index (χ1) is 9.04. The lowest BCUT2D eigenvalue weighted by Crippen LogP contribution is -2.21. The minimum absolute atomic E-state index is 0. The third-order valence-electron chi connectivity index (χ3n) is 2.41. The van der Waals surface area contributed by atoms with Crippen molar-refractivity contribution in [1.29, 1.82) is 0 Å². The van der Waals surface area contributed by atoms with Gasteiger partial charge in [0.25, 0.3) is 0 Å². The molecule has 1 rings (SSSR count). The Morgan fingerprint density at radius 2 is 1.75 bits per heavy atom. The summed E-state index contributed by atoms with van der Waals surface area (Å²) in [7, 11) is 0. The maximum Gasteiger partial charge on any atom is 0.349 e. The van der Waals surface area contributed by atoms with Crippen LogP contribution >= 0.6 is 17.0 Å². The van der Waals surface area contributed by atoms with Crippen LogP contribution in [0.2, 0.25) is 0 Å². The van der Waals surface area contributed by atoms with Crippen LogP contribution in [0.4, 0.5) is 0 Å². The van der Waals surface area contributed by atoms with Crippen molar-refractivity contribution in [3.63, 3.8) is 0 Å². The van der Waals surface area contributed by atoms with E-state index in [0.29, 0.717) is 5.56 Å². The zero-order valence-electron chi connectivity index (χ0n) is 10.7. The quantitative estimate of drug-likeness (QED) is 0.720. The smallest absolute Gasteiger partial charge is 0.349 e. The van der Waals surface area contributed by atoms with E-state index in [4.69, 9.17) is 15.6 Å². The second-order valence-electron chi connectivity index (χ2n) is 3.86. The number of hydrogen-bond donors (Lipinski definition) is 2. The van der Waals surface area contributed by atoms with Crippen LogP contribution in [0.1, 0.15) is 24.5 Å². The number of carbonyl (C=O) groups excluding carboxylic acids is 2. The predicted molar refractivity (Wildman–Crippen MR) is 76.5 cm³/mol. The number of carboxylic acids is 1. The van der Waals surface area contributed by atoms with Crippen LogP contribution in [0.15, 0.2) is 30.3 Å². The molecule has 0 fully saturated rings. The molecule has 20 heavy (non-hydrogen) atoms. The summed E-state index contributed by atoms with van der Waals surface area (Å²) >= 11 is 0. The Morgan fingerprint density at radius 1 is 1.15 bits per heavy atom. The van der Waals surface area contributed by atoms with E-state index in [2.05, 4.69) is 0 Å². The Morgan fingerprint density at radius 3 is 2.25 bits per heavy atom. The van der Waals surface area contributed by atoms with Crippen LogP contribution < -0.4 is 5.73 Å². The fourth-order valence-electron chi connectivity index (χ4n) is 1.42. The number of carboxylic acid groups (broad SMARTS) is 1. The summed E-state index contributed by atoms with van der Waals surface area (Å²) in [4.78, 5) is 33.5. The van der Waals surface area contributed by atoms with E-state index in [1.807, 2.05) is 0 Å². The van der Waals surface area contributed by atoms with E-state index >= 15 is 0 Å². The number of nitrogens with two attached hydrogens (primary N) is 1. The maximum absolute atomic E-state index is 11.5. The third-order valence-corrected chi connectivity index (χ3v) is 2.41. The Kier molecular flexibility index (Phi) is 8.42. The van der Waals surface area contributed by atoms with Crippen molar-refractivity contribution in [2.75, 3.05) is 6.54 Å². The third kappa shape index (κ3) is 5.94. The molecule has 3 N–H and O–H groups in total. The molecule has 0 aliphatic carbocycles. The number of ether oxygens (including phenoxy) is 1. The van der Waals surface area contributed by atoms with E-state index in [1.165, 1.54) is 0 Å². The van der Waals surface area contributed by atoms with Gasteiger partial charge in [-0.1, -0.05) is 30.3 Å². The predicted octanol–water partition coefficient (Wildman–Crippen LogP) is 1.24. The number of carbonyl (C=O) groups is 3. The summed E-state index contributed by atoms with van der Waals surface area (Å²) in [5.74, 6) is -2.27. The molecular formula is C13H16BrNO5. The van der Waals surface area contributed by atoms with Gasteiger partial charge in [0.15, 0.2) is 0 Å². The van der Waals surface area contributed by atoms with Gasteiger partial charge in [0.2, 0.25) is 6.10 Å². The summed E-state index contributed by atoms with van der Waals surface area (Å²) in [6.45, 7) is -0.145. The van der Waals surface area contributed by atoms with E-state index in [1.54, 1.807) is 30.3 Å². The van der Waals surface area contributed by atoms with Crippen molar-refractivity contribution in [2.24, 2.45) is 5.73 Å². The summed E-state index contributed by atoms with van der Waals surface area (Å²) < 4.78 is 4.86. The molecule has 0 saturated carbocycles. The van der Waals surface area contributed by atoms with Crippen molar-refractivity contribution in [3.8, 4) is 0 Å². The highest BCUT2D eigenvalue weighted by atomic mass is 79.9. The minimum atomic E-state index is -1.36. The molecule has 6 nitrogen and oxygen atoms in total. The lowest BCUT2D eigenvalue weighted by Gasteiger charge is -2.13. The van der Waals surface area contributed by atoms with Crippen LogP contribution in [0.3, 0.4) is 0 Å². The molecule has 1 aromatic carbocycles. The number of hydrogen-bond acceptors (Lipinski definition) is 5. The number of halogens is 1. The van der Waals surface area contributed by atoms with Crippen LogP contribution in [-0.4, -0.2) is 29.4 Å². The molecule has 0 radical (unpaired) electrons. The topological polar surface area (TPSA) is 107 Å². The zero-order chi connectivity index (χ0) is 14.3. The molecule has 7 heteroatoms. The normalized spacial score (nSPS) is 11.1. The van der Waals surface area contributed by atoms with Gasteiger partial charge in [-0.3, -0.25) is 9.59 Å². The second kappa shape index (κ2) is 9.22. The van der Waals surface area contributed by atoms with Crippen molar-refractivity contribution in [1.82, 2.24) is 0 Å². The van der Waals surface area contributed by atoms with Gasteiger partial charge >= 0.3 is 11.9 Å². The van der Waals surface area contributed by atoms with E-state index < -0.39 is 18.0 Å². The first kappa shape index (κ1) is 18.3. The summed E-state index contributed by atoms with van der Waals surface area (Å²) in [5, 5.41) is 9.03. The summed E-state index contributed by atoms with van der Waals surface area (Å²) in [5.41, 5.74) is 5.47. The second-order valence-corrected chi connectivity index (χ2v) is 3.86. The first-order valence-corrected chi connectivity index (χ1v) is 5.73. The van der Waals surface area contributed by atoms with E-state index in [0.717, 1.165) is 0 Å². The van der Waals surface area contributed by atoms with Gasteiger partial charge in [-0.15, -0.1) is 17.0 Å². The van der Waals surface area contributed by atoms with Gasteiger partial charge in [0, 0.05) is 12.0 Å². The minimum Gasteiger partial charge on any atom is -0.478 e. The van der Waals surface area contributed by atoms with Crippen molar-refractivity contribution in [2.45, 2.75) is 18.9 Å². The van der Waals surface area contributed by atoms with Gasteiger partial charge in [-0.05, 0) is 0 Å². The van der Waals surface area contributed by atoms with Gasteiger partial charge in [0.1, 0.15) is 5.78 Å². The summed E-state index contributed by atoms with van der Waals surface area (Å²) in [6.07, 6.45) is -1.58. The Balaban J connectivity index is 0.00000361. The van der Waals surface area contributed by atoms with Gasteiger partial charge in [-0.25, -0.2) is 4.79 Å². The lowest BCUT2D eigenvalue weighted by molar-refractivity contribution is -0.164. The molecule has 0 saturated heterocycles. The molecular weight excluding hydrogens is 330 g/mol. The highest BCUT2D eigenvalue weighted by Gasteiger charge is 2.24. The fraction of sp³-hybridized carbons (Fsp3) is 0.308. The highest BCUT2D eigenvalue weighted by Crippen LogP contribution is 2.18. The first-order valence-electron chi connectivity index (χ1n) is 5.73. The largest absolute Gasteiger partial charge is 0.478 e. The summed E-state index contributed by atoms with van der Waals surface area (Å²) in [6, 6.07) is 8.13. The number of esters is 1. The zero-order valence-corrected chi connectivity index (χ0v) is 12.4. The molecule has 0 bridgehead atoms. The average Bonchev–Trinajstić information content (AvgIpc) is 2.42. The number of ketones is 1. The van der Waals surface area contributed by atoms with Crippen LogP contribution in [0.25, 0.3) is 0 Å². The van der Waals surface area contributed by atoms with E-state index in [-0.39, 0.29) is 42.2 Å². The molecule has 0 spiro atoms. The number of aliphatic carboxylic acids is 1. The molecule has 1 atom stereocenters. The molecule has 0 heterocycles. The lowest BCUT2D eigenvalue weighted by atomic mass is 10.1. The Hall–Kier alpha value is -1.73. The SMILES string of the molecule is Br.NCC(=O)CCC(=O)OC(C(=O)O)c1ccccc1.